The maximum atomic E-state index is 4.80. The van der Waals surface area contributed by atoms with E-state index in [1.165, 1.54) is 15.8 Å². The Morgan fingerprint density at radius 2 is 2.05 bits per heavy atom. The second kappa shape index (κ2) is 6.24. The number of hydrogen-bond donors (Lipinski definition) is 1. The molecule has 4 heteroatoms. The molecule has 2 aromatic heterocycles. The largest absolute Gasteiger partial charge is 0.355 e. The van der Waals surface area contributed by atoms with Crippen LogP contribution >= 0.6 is 11.3 Å². The number of pyridine rings is 1. The first kappa shape index (κ1) is 14.0. The first-order chi connectivity index (χ1) is 10.3. The number of thiophene rings is 1. The maximum absolute atomic E-state index is 4.80. The van der Waals surface area contributed by atoms with E-state index >= 15 is 0 Å². The number of nitrogens with zero attached hydrogens (tertiary/aromatic N) is 2. The summed E-state index contributed by atoms with van der Waals surface area (Å²) in [4.78, 5) is 8.36. The number of anilines is 1. The van der Waals surface area contributed by atoms with E-state index in [2.05, 4.69) is 59.0 Å². The summed E-state index contributed by atoms with van der Waals surface area (Å²) in [6, 6.07) is 14.8. The van der Waals surface area contributed by atoms with Crippen molar-refractivity contribution in [3.8, 4) is 0 Å². The van der Waals surface area contributed by atoms with Crippen LogP contribution in [-0.2, 0) is 13.1 Å². The van der Waals surface area contributed by atoms with Crippen LogP contribution in [0, 0.1) is 0 Å². The van der Waals surface area contributed by atoms with Gasteiger partial charge in [0.05, 0.1) is 12.1 Å². The van der Waals surface area contributed by atoms with Crippen molar-refractivity contribution in [2.45, 2.75) is 13.1 Å². The van der Waals surface area contributed by atoms with Crippen LogP contribution in [-0.4, -0.2) is 19.1 Å². The van der Waals surface area contributed by atoms with E-state index in [-0.39, 0.29) is 0 Å². The monoisotopic (exact) mass is 297 g/mol. The molecule has 1 N–H and O–H groups in total. The molecule has 0 amide bonds. The smallest absolute Gasteiger partial charge is 0.129 e. The molecule has 0 aliphatic rings. The molecule has 1 aromatic carbocycles. The highest BCUT2D eigenvalue weighted by atomic mass is 32.1. The van der Waals surface area contributed by atoms with E-state index in [1.807, 2.05) is 13.1 Å². The van der Waals surface area contributed by atoms with Crippen LogP contribution in [0.25, 0.3) is 10.9 Å². The fraction of sp³-hybridized carbons (Fsp3) is 0.235. The van der Waals surface area contributed by atoms with Crippen molar-refractivity contribution in [2.24, 2.45) is 0 Å². The molecule has 0 unspecified atom stereocenters. The number of benzene rings is 1. The molecule has 0 aliphatic carbocycles. The van der Waals surface area contributed by atoms with E-state index in [4.69, 9.17) is 4.98 Å². The van der Waals surface area contributed by atoms with Crippen molar-refractivity contribution in [1.29, 1.82) is 0 Å². The number of nitrogens with one attached hydrogen (secondary N) is 1. The van der Waals surface area contributed by atoms with Crippen LogP contribution in [0.15, 0.2) is 47.8 Å². The molecular formula is C17H19N3S. The normalized spacial score (nSPS) is 11.0. The highest BCUT2D eigenvalue weighted by Crippen LogP contribution is 2.24. The van der Waals surface area contributed by atoms with Crippen LogP contribution in [0.5, 0.6) is 0 Å². The lowest BCUT2D eigenvalue weighted by Crippen LogP contribution is -2.18. The van der Waals surface area contributed by atoms with Gasteiger partial charge in [-0.2, -0.15) is 0 Å². The van der Waals surface area contributed by atoms with Crippen LogP contribution in [0.2, 0.25) is 0 Å². The fourth-order valence-corrected chi connectivity index (χ4v) is 3.24. The van der Waals surface area contributed by atoms with Crippen LogP contribution < -0.4 is 10.2 Å². The summed E-state index contributed by atoms with van der Waals surface area (Å²) >= 11 is 1.78. The lowest BCUT2D eigenvalue weighted by molar-refractivity contribution is 0.819. The van der Waals surface area contributed by atoms with Gasteiger partial charge in [0.15, 0.2) is 0 Å². The minimum atomic E-state index is 0.850. The van der Waals surface area contributed by atoms with Crippen molar-refractivity contribution in [3.05, 3.63) is 58.3 Å². The molecule has 0 atom stereocenters. The van der Waals surface area contributed by atoms with Gasteiger partial charge in [-0.1, -0.05) is 24.3 Å². The quantitative estimate of drug-likeness (QED) is 0.779. The maximum Gasteiger partial charge on any atom is 0.129 e. The van der Waals surface area contributed by atoms with Gasteiger partial charge >= 0.3 is 0 Å². The third-order valence-electron chi connectivity index (χ3n) is 3.52. The average molecular weight is 297 g/mol. The third-order valence-corrected chi connectivity index (χ3v) is 4.38. The number of rotatable bonds is 5. The second-order valence-corrected chi connectivity index (χ2v) is 6.15. The topological polar surface area (TPSA) is 28.2 Å². The van der Waals surface area contributed by atoms with Gasteiger partial charge in [0.1, 0.15) is 5.82 Å². The Kier molecular flexibility index (Phi) is 4.18. The highest BCUT2D eigenvalue weighted by Gasteiger charge is 2.09. The minimum absolute atomic E-state index is 0.850. The van der Waals surface area contributed by atoms with E-state index in [9.17, 15) is 0 Å². The van der Waals surface area contributed by atoms with Crippen molar-refractivity contribution in [3.63, 3.8) is 0 Å². The highest BCUT2D eigenvalue weighted by molar-refractivity contribution is 7.09. The molecule has 3 aromatic rings. The molecule has 0 spiro atoms. The van der Waals surface area contributed by atoms with Gasteiger partial charge in [-0.05, 0) is 36.2 Å². The molecule has 108 valence electrons. The summed E-state index contributed by atoms with van der Waals surface area (Å²) in [6.07, 6.45) is 0. The summed E-state index contributed by atoms with van der Waals surface area (Å²) in [7, 11) is 4.07. The molecule has 0 bridgehead atoms. The van der Waals surface area contributed by atoms with E-state index in [0.717, 1.165) is 24.4 Å². The second-order valence-electron chi connectivity index (χ2n) is 5.12. The molecule has 3 rings (SSSR count). The SMILES string of the molecule is CNCc1cc(N(C)Cc2cccs2)nc2ccccc12. The number of hydrogen-bond acceptors (Lipinski definition) is 4. The molecule has 2 heterocycles. The minimum Gasteiger partial charge on any atom is -0.355 e. The molecule has 21 heavy (non-hydrogen) atoms. The van der Waals surface area contributed by atoms with Crippen LogP contribution in [0.4, 0.5) is 5.82 Å². The molecule has 0 saturated heterocycles. The van der Waals surface area contributed by atoms with Gasteiger partial charge in [-0.25, -0.2) is 4.98 Å². The molecule has 0 radical (unpaired) electrons. The van der Waals surface area contributed by atoms with E-state index in [1.54, 1.807) is 11.3 Å². The summed E-state index contributed by atoms with van der Waals surface area (Å²) < 4.78 is 0. The number of fused-ring (bicyclic) bond motifs is 1. The molecule has 3 nitrogen and oxygen atoms in total. The van der Waals surface area contributed by atoms with Crippen LogP contribution in [0.3, 0.4) is 0 Å². The number of para-hydroxylation sites is 1. The first-order valence-corrected chi connectivity index (χ1v) is 7.92. The van der Waals surface area contributed by atoms with Gasteiger partial charge in [0.2, 0.25) is 0 Å². The zero-order chi connectivity index (χ0) is 14.7. The van der Waals surface area contributed by atoms with Gasteiger partial charge < -0.3 is 10.2 Å². The summed E-state index contributed by atoms with van der Waals surface area (Å²) in [5.74, 6) is 1.02. The molecule has 0 fully saturated rings. The first-order valence-electron chi connectivity index (χ1n) is 7.04. The molecule has 0 saturated carbocycles. The standard InChI is InChI=1S/C17H19N3S/c1-18-11-13-10-17(19-16-8-4-3-7-15(13)16)20(2)12-14-6-5-9-21-14/h3-10,18H,11-12H2,1-2H3. The van der Waals surface area contributed by atoms with Crippen molar-refractivity contribution in [1.82, 2.24) is 10.3 Å². The predicted molar refractivity (Wildman–Crippen MR) is 90.9 cm³/mol. The lowest BCUT2D eigenvalue weighted by atomic mass is 10.1. The van der Waals surface area contributed by atoms with E-state index in [0.29, 0.717) is 0 Å². The Hall–Kier alpha value is -1.91. The lowest BCUT2D eigenvalue weighted by Gasteiger charge is -2.19. The van der Waals surface area contributed by atoms with Gasteiger partial charge in [0, 0.05) is 23.9 Å². The van der Waals surface area contributed by atoms with Crippen molar-refractivity contribution >= 4 is 28.1 Å². The summed E-state index contributed by atoms with van der Waals surface area (Å²) in [6.45, 7) is 1.74. The zero-order valence-electron chi connectivity index (χ0n) is 12.3. The van der Waals surface area contributed by atoms with Gasteiger partial charge in [0.25, 0.3) is 0 Å². The third kappa shape index (κ3) is 3.06. The Balaban J connectivity index is 1.98. The zero-order valence-corrected chi connectivity index (χ0v) is 13.2. The predicted octanol–water partition coefficient (Wildman–Crippen LogP) is 3.65. The molecular weight excluding hydrogens is 278 g/mol. The average Bonchev–Trinajstić information content (AvgIpc) is 3.00. The van der Waals surface area contributed by atoms with E-state index < -0.39 is 0 Å². The Labute approximate surface area is 129 Å². The van der Waals surface area contributed by atoms with Crippen molar-refractivity contribution < 1.29 is 0 Å². The fourth-order valence-electron chi connectivity index (χ4n) is 2.48. The Morgan fingerprint density at radius 1 is 1.19 bits per heavy atom. The Morgan fingerprint density at radius 3 is 2.81 bits per heavy atom. The number of aromatic nitrogens is 1. The Bertz CT molecular complexity index is 722. The molecule has 0 aliphatic heterocycles. The van der Waals surface area contributed by atoms with Gasteiger partial charge in [-0.3, -0.25) is 0 Å². The van der Waals surface area contributed by atoms with Gasteiger partial charge in [-0.15, -0.1) is 11.3 Å². The summed E-state index contributed by atoms with van der Waals surface area (Å²) in [5.41, 5.74) is 2.34. The summed E-state index contributed by atoms with van der Waals surface area (Å²) in [5, 5.41) is 6.58. The van der Waals surface area contributed by atoms with Crippen LogP contribution in [0.1, 0.15) is 10.4 Å². The van der Waals surface area contributed by atoms with Crippen molar-refractivity contribution in [2.75, 3.05) is 19.0 Å².